The minimum Gasteiger partial charge on any atom is -0.462 e. The molecule has 0 aromatic carbocycles. The molecule has 7 nitrogen and oxygen atoms in total. The molecule has 0 amide bonds. The van der Waals surface area contributed by atoms with E-state index in [0.29, 0.717) is 18.9 Å². The number of tetrazole rings is 1. The van der Waals surface area contributed by atoms with Crippen LogP contribution in [0.3, 0.4) is 0 Å². The molecule has 18 heavy (non-hydrogen) atoms. The maximum absolute atomic E-state index is 11.6. The van der Waals surface area contributed by atoms with Crippen molar-refractivity contribution in [3.63, 3.8) is 0 Å². The lowest BCUT2D eigenvalue weighted by atomic mass is 10.1. The van der Waals surface area contributed by atoms with Gasteiger partial charge in [-0.05, 0) is 25.5 Å². The van der Waals surface area contributed by atoms with E-state index >= 15 is 0 Å². The lowest BCUT2D eigenvalue weighted by Gasteiger charge is -2.25. The normalized spacial score (nSPS) is 16.7. The van der Waals surface area contributed by atoms with E-state index in [9.17, 15) is 4.79 Å². The van der Waals surface area contributed by atoms with Gasteiger partial charge in [-0.2, -0.15) is 5.21 Å². The number of aromatic amines is 1. The molecule has 0 saturated heterocycles. The fourth-order valence-electron chi connectivity index (χ4n) is 1.88. The highest BCUT2D eigenvalue weighted by atomic mass is 16.5. The molecule has 98 valence electrons. The topological polar surface area (TPSA) is 84.0 Å². The fraction of sp³-hybridized carbons (Fsp3) is 0.636. The van der Waals surface area contributed by atoms with Crippen LogP contribution in [0.1, 0.15) is 26.1 Å². The monoisotopic (exact) mass is 251 g/mol. The van der Waals surface area contributed by atoms with Crippen LogP contribution in [-0.2, 0) is 9.53 Å². The Kier molecular flexibility index (Phi) is 4.03. The first kappa shape index (κ1) is 12.7. The van der Waals surface area contributed by atoms with E-state index in [1.807, 2.05) is 18.7 Å². The Bertz CT molecular complexity index is 427. The van der Waals surface area contributed by atoms with Crippen LogP contribution < -0.4 is 0 Å². The van der Waals surface area contributed by atoms with Crippen molar-refractivity contribution in [2.75, 3.05) is 19.6 Å². The molecule has 0 atom stereocenters. The lowest BCUT2D eigenvalue weighted by molar-refractivity contribution is -0.148. The fourth-order valence-corrected chi connectivity index (χ4v) is 1.88. The van der Waals surface area contributed by atoms with Crippen molar-refractivity contribution in [1.29, 1.82) is 0 Å². The zero-order valence-corrected chi connectivity index (χ0v) is 10.6. The van der Waals surface area contributed by atoms with E-state index < -0.39 is 0 Å². The Morgan fingerprint density at radius 2 is 2.44 bits per heavy atom. The number of nitrogens with zero attached hydrogens (tertiary/aromatic N) is 4. The summed E-state index contributed by atoms with van der Waals surface area (Å²) in [7, 11) is 0. The first-order chi connectivity index (χ1) is 8.65. The van der Waals surface area contributed by atoms with Gasteiger partial charge in [-0.25, -0.2) is 0 Å². The summed E-state index contributed by atoms with van der Waals surface area (Å²) in [5, 5.41) is 13.8. The van der Waals surface area contributed by atoms with Gasteiger partial charge in [0.25, 0.3) is 0 Å². The standard InChI is InChI=1S/C11H17N5O2/c1-8(2)18-10(17)7-16-5-3-4-9(6-16)11-12-14-15-13-11/h4,8H,3,5-7H2,1-2H3,(H,12,13,14,15). The SMILES string of the molecule is CC(C)OC(=O)CN1CCC=C(c2nn[nH]n2)C1. The van der Waals surface area contributed by atoms with Crippen molar-refractivity contribution in [3.05, 3.63) is 11.9 Å². The lowest BCUT2D eigenvalue weighted by Crippen LogP contribution is -2.36. The van der Waals surface area contributed by atoms with Gasteiger partial charge in [0.2, 0.25) is 5.82 Å². The molecule has 1 N–H and O–H groups in total. The second kappa shape index (κ2) is 5.72. The van der Waals surface area contributed by atoms with Gasteiger partial charge in [0.1, 0.15) is 0 Å². The number of rotatable bonds is 4. The van der Waals surface area contributed by atoms with E-state index in [2.05, 4.69) is 26.7 Å². The summed E-state index contributed by atoms with van der Waals surface area (Å²) in [6.07, 6.45) is 2.88. The predicted molar refractivity (Wildman–Crippen MR) is 64.4 cm³/mol. The minimum absolute atomic E-state index is 0.0745. The van der Waals surface area contributed by atoms with E-state index in [1.54, 1.807) is 0 Å². The van der Waals surface area contributed by atoms with Gasteiger partial charge in [0.15, 0.2) is 0 Å². The first-order valence-corrected chi connectivity index (χ1v) is 6.00. The maximum atomic E-state index is 11.6. The van der Waals surface area contributed by atoms with Gasteiger partial charge in [-0.3, -0.25) is 9.69 Å². The van der Waals surface area contributed by atoms with E-state index in [-0.39, 0.29) is 12.1 Å². The van der Waals surface area contributed by atoms with Gasteiger partial charge < -0.3 is 4.74 Å². The van der Waals surface area contributed by atoms with Crippen LogP contribution in [0, 0.1) is 0 Å². The quantitative estimate of drug-likeness (QED) is 0.772. The highest BCUT2D eigenvalue weighted by molar-refractivity contribution is 5.72. The Morgan fingerprint density at radius 3 is 3.11 bits per heavy atom. The molecule has 2 rings (SSSR count). The number of ether oxygens (including phenoxy) is 1. The summed E-state index contributed by atoms with van der Waals surface area (Å²) < 4.78 is 5.13. The van der Waals surface area contributed by atoms with Gasteiger partial charge in [-0.1, -0.05) is 6.08 Å². The summed E-state index contributed by atoms with van der Waals surface area (Å²) >= 11 is 0. The van der Waals surface area contributed by atoms with Crippen molar-refractivity contribution in [3.8, 4) is 0 Å². The van der Waals surface area contributed by atoms with Crippen molar-refractivity contribution in [2.45, 2.75) is 26.4 Å². The summed E-state index contributed by atoms with van der Waals surface area (Å²) in [6, 6.07) is 0. The van der Waals surface area contributed by atoms with Crippen LogP contribution in [0.2, 0.25) is 0 Å². The third-order valence-corrected chi connectivity index (χ3v) is 2.58. The Labute approximate surface area is 105 Å². The highest BCUT2D eigenvalue weighted by Crippen LogP contribution is 2.16. The second-order valence-corrected chi connectivity index (χ2v) is 4.50. The largest absolute Gasteiger partial charge is 0.462 e. The van der Waals surface area contributed by atoms with Crippen molar-refractivity contribution in [2.24, 2.45) is 0 Å². The molecule has 2 heterocycles. The maximum Gasteiger partial charge on any atom is 0.320 e. The summed E-state index contributed by atoms with van der Waals surface area (Å²) in [4.78, 5) is 13.6. The van der Waals surface area contributed by atoms with Gasteiger partial charge in [-0.15, -0.1) is 10.2 Å². The molecule has 0 aliphatic carbocycles. The molecule has 7 heteroatoms. The Balaban J connectivity index is 1.90. The molecular formula is C11H17N5O2. The van der Waals surface area contributed by atoms with Gasteiger partial charge in [0.05, 0.1) is 12.6 Å². The summed E-state index contributed by atoms with van der Waals surface area (Å²) in [5.74, 6) is 0.399. The van der Waals surface area contributed by atoms with Crippen molar-refractivity contribution in [1.82, 2.24) is 25.5 Å². The van der Waals surface area contributed by atoms with Crippen LogP contribution in [0.5, 0.6) is 0 Å². The van der Waals surface area contributed by atoms with Crippen LogP contribution in [-0.4, -0.2) is 57.2 Å². The van der Waals surface area contributed by atoms with E-state index in [0.717, 1.165) is 18.5 Å². The molecule has 0 radical (unpaired) electrons. The molecule has 0 saturated carbocycles. The second-order valence-electron chi connectivity index (χ2n) is 4.50. The molecule has 0 fully saturated rings. The number of hydrogen-bond donors (Lipinski definition) is 1. The molecule has 0 spiro atoms. The predicted octanol–water partition coefficient (Wildman–Crippen LogP) is 0.240. The van der Waals surface area contributed by atoms with Crippen LogP contribution in [0.15, 0.2) is 6.08 Å². The van der Waals surface area contributed by atoms with Crippen LogP contribution in [0.25, 0.3) is 5.57 Å². The molecule has 1 aliphatic heterocycles. The van der Waals surface area contributed by atoms with Gasteiger partial charge >= 0.3 is 5.97 Å². The zero-order valence-electron chi connectivity index (χ0n) is 10.6. The van der Waals surface area contributed by atoms with Gasteiger partial charge in [0, 0.05) is 18.7 Å². The molecule has 0 unspecified atom stereocenters. The number of nitrogens with one attached hydrogen (secondary N) is 1. The smallest absolute Gasteiger partial charge is 0.320 e. The van der Waals surface area contributed by atoms with Crippen LogP contribution >= 0.6 is 0 Å². The number of hydrogen-bond acceptors (Lipinski definition) is 6. The Hall–Kier alpha value is -1.76. The average Bonchev–Trinajstić information content (AvgIpc) is 2.81. The third-order valence-electron chi connectivity index (χ3n) is 2.58. The van der Waals surface area contributed by atoms with E-state index in [4.69, 9.17) is 4.74 Å². The summed E-state index contributed by atoms with van der Waals surface area (Å²) in [5.41, 5.74) is 0.993. The summed E-state index contributed by atoms with van der Waals surface area (Å²) in [6.45, 7) is 5.48. The number of esters is 1. The average molecular weight is 251 g/mol. The molecule has 1 aromatic heterocycles. The Morgan fingerprint density at radius 1 is 1.61 bits per heavy atom. The molecule has 1 aromatic rings. The molecule has 0 bridgehead atoms. The van der Waals surface area contributed by atoms with E-state index in [1.165, 1.54) is 0 Å². The van der Waals surface area contributed by atoms with Crippen molar-refractivity contribution < 1.29 is 9.53 Å². The number of aromatic nitrogens is 4. The van der Waals surface area contributed by atoms with Crippen LogP contribution in [0.4, 0.5) is 0 Å². The first-order valence-electron chi connectivity index (χ1n) is 6.00. The highest BCUT2D eigenvalue weighted by Gasteiger charge is 2.19. The minimum atomic E-state index is -0.195. The molecule has 1 aliphatic rings. The number of H-pyrrole nitrogens is 1. The van der Waals surface area contributed by atoms with Crippen molar-refractivity contribution >= 4 is 11.5 Å². The molecular weight excluding hydrogens is 234 g/mol. The number of carbonyl (C=O) groups is 1. The third kappa shape index (κ3) is 3.36. The zero-order chi connectivity index (χ0) is 13.0. The number of carbonyl (C=O) groups excluding carboxylic acids is 1.